The number of halogens is 1. The number of imidazole rings is 1. The van der Waals surface area contributed by atoms with Crippen LogP contribution in [0.3, 0.4) is 0 Å². The maximum absolute atomic E-state index is 12.5. The van der Waals surface area contributed by atoms with Crippen LogP contribution < -0.4 is 10.6 Å². The molecule has 1 aliphatic heterocycles. The minimum atomic E-state index is -0.0628. The SMILES string of the molecule is Cl.Cn1cnc(C(=O)N2CCCc3c(N)cccc32)c1. The van der Waals surface area contributed by atoms with Gasteiger partial charge in [-0.1, -0.05) is 6.07 Å². The van der Waals surface area contributed by atoms with Crippen molar-refractivity contribution in [2.75, 3.05) is 17.2 Å². The van der Waals surface area contributed by atoms with Crippen LogP contribution in [0.25, 0.3) is 0 Å². The maximum Gasteiger partial charge on any atom is 0.278 e. The van der Waals surface area contributed by atoms with Crippen molar-refractivity contribution < 1.29 is 4.79 Å². The molecule has 1 aromatic heterocycles. The highest BCUT2D eigenvalue weighted by Gasteiger charge is 2.25. The third-order valence-electron chi connectivity index (χ3n) is 3.46. The minimum absolute atomic E-state index is 0. The minimum Gasteiger partial charge on any atom is -0.398 e. The number of hydrogen-bond acceptors (Lipinski definition) is 3. The second-order valence-electron chi connectivity index (χ2n) is 4.83. The third-order valence-corrected chi connectivity index (χ3v) is 3.46. The van der Waals surface area contributed by atoms with E-state index in [0.29, 0.717) is 12.2 Å². The molecule has 2 N–H and O–H groups in total. The van der Waals surface area contributed by atoms with Crippen LogP contribution in [0.1, 0.15) is 22.5 Å². The number of amides is 1. The maximum atomic E-state index is 12.5. The second kappa shape index (κ2) is 5.54. The Hall–Kier alpha value is -2.01. The first kappa shape index (κ1) is 14.4. The molecule has 6 heteroatoms. The summed E-state index contributed by atoms with van der Waals surface area (Å²) in [7, 11) is 1.85. The largest absolute Gasteiger partial charge is 0.398 e. The van der Waals surface area contributed by atoms with Crippen LogP contribution in [0.4, 0.5) is 11.4 Å². The summed E-state index contributed by atoms with van der Waals surface area (Å²) in [6, 6.07) is 5.72. The molecule has 1 amide bonds. The van der Waals surface area contributed by atoms with Crippen LogP contribution in [0.2, 0.25) is 0 Å². The van der Waals surface area contributed by atoms with Crippen molar-refractivity contribution in [3.63, 3.8) is 0 Å². The summed E-state index contributed by atoms with van der Waals surface area (Å²) in [6.45, 7) is 0.714. The van der Waals surface area contributed by atoms with Gasteiger partial charge >= 0.3 is 0 Å². The number of aromatic nitrogens is 2. The van der Waals surface area contributed by atoms with Crippen LogP contribution in [0.15, 0.2) is 30.7 Å². The Labute approximate surface area is 123 Å². The molecule has 3 rings (SSSR count). The van der Waals surface area contributed by atoms with Crippen LogP contribution in [-0.2, 0) is 13.5 Å². The highest BCUT2D eigenvalue weighted by Crippen LogP contribution is 2.31. The van der Waals surface area contributed by atoms with Crippen molar-refractivity contribution >= 4 is 29.7 Å². The van der Waals surface area contributed by atoms with Gasteiger partial charge in [-0.25, -0.2) is 4.98 Å². The summed E-state index contributed by atoms with van der Waals surface area (Å²) >= 11 is 0. The molecule has 0 spiro atoms. The zero-order valence-electron chi connectivity index (χ0n) is 11.2. The number of carbonyl (C=O) groups is 1. The van der Waals surface area contributed by atoms with Crippen molar-refractivity contribution in [1.29, 1.82) is 0 Å². The van der Waals surface area contributed by atoms with Crippen LogP contribution in [0.5, 0.6) is 0 Å². The second-order valence-corrected chi connectivity index (χ2v) is 4.83. The normalized spacial score (nSPS) is 13.6. The number of nitrogens with zero attached hydrogens (tertiary/aromatic N) is 3. The van der Waals surface area contributed by atoms with Gasteiger partial charge in [-0.3, -0.25) is 4.79 Å². The van der Waals surface area contributed by atoms with Crippen molar-refractivity contribution in [3.05, 3.63) is 42.0 Å². The summed E-state index contributed by atoms with van der Waals surface area (Å²) in [4.78, 5) is 18.4. The van der Waals surface area contributed by atoms with Crippen LogP contribution in [0, 0.1) is 0 Å². The lowest BCUT2D eigenvalue weighted by molar-refractivity contribution is 0.0981. The Morgan fingerprint density at radius 3 is 2.90 bits per heavy atom. The van der Waals surface area contributed by atoms with Gasteiger partial charge in [-0.2, -0.15) is 0 Å². The topological polar surface area (TPSA) is 64.2 Å². The molecule has 106 valence electrons. The fourth-order valence-corrected chi connectivity index (χ4v) is 2.52. The van der Waals surface area contributed by atoms with Gasteiger partial charge in [-0.15, -0.1) is 12.4 Å². The van der Waals surface area contributed by atoms with Crippen molar-refractivity contribution in [2.24, 2.45) is 7.05 Å². The summed E-state index contributed by atoms with van der Waals surface area (Å²) < 4.78 is 1.78. The van der Waals surface area contributed by atoms with Gasteiger partial charge in [0.2, 0.25) is 0 Å². The van der Waals surface area contributed by atoms with E-state index in [1.54, 1.807) is 22.0 Å². The molecule has 0 fully saturated rings. The van der Waals surface area contributed by atoms with E-state index in [2.05, 4.69) is 4.98 Å². The molecule has 0 atom stereocenters. The highest BCUT2D eigenvalue weighted by atomic mass is 35.5. The van der Waals surface area contributed by atoms with E-state index >= 15 is 0 Å². The van der Waals surface area contributed by atoms with Crippen LogP contribution >= 0.6 is 12.4 Å². The molecule has 1 aliphatic rings. The highest BCUT2D eigenvalue weighted by molar-refractivity contribution is 6.05. The van der Waals surface area contributed by atoms with Gasteiger partial charge in [0.15, 0.2) is 0 Å². The number of carbonyl (C=O) groups excluding carboxylic acids is 1. The van der Waals surface area contributed by atoms with E-state index in [1.807, 2.05) is 25.2 Å². The molecule has 20 heavy (non-hydrogen) atoms. The number of fused-ring (bicyclic) bond motifs is 1. The Kier molecular flexibility index (Phi) is 3.99. The van der Waals surface area contributed by atoms with E-state index in [1.165, 1.54) is 0 Å². The summed E-state index contributed by atoms with van der Waals surface area (Å²) in [6.07, 6.45) is 5.23. The van der Waals surface area contributed by atoms with Crippen molar-refractivity contribution in [2.45, 2.75) is 12.8 Å². The number of nitrogens with two attached hydrogens (primary N) is 1. The van der Waals surface area contributed by atoms with Crippen LogP contribution in [-0.4, -0.2) is 22.0 Å². The fraction of sp³-hybridized carbons (Fsp3) is 0.286. The first-order valence-electron chi connectivity index (χ1n) is 6.34. The van der Waals surface area contributed by atoms with E-state index in [0.717, 1.165) is 29.8 Å². The first-order valence-corrected chi connectivity index (χ1v) is 6.34. The molecule has 0 saturated heterocycles. The number of rotatable bonds is 1. The smallest absolute Gasteiger partial charge is 0.278 e. The first-order chi connectivity index (χ1) is 9.16. The zero-order valence-corrected chi connectivity index (χ0v) is 12.1. The molecule has 0 bridgehead atoms. The standard InChI is InChI=1S/C14H16N4O.ClH/c1-17-8-12(16-9-17)14(19)18-7-3-4-10-11(15)5-2-6-13(10)18;/h2,5-6,8-9H,3-4,7,15H2,1H3;1H. The van der Waals surface area contributed by atoms with E-state index in [9.17, 15) is 4.79 Å². The number of aryl methyl sites for hydroxylation is 1. The molecule has 5 nitrogen and oxygen atoms in total. The van der Waals surface area contributed by atoms with Crippen molar-refractivity contribution in [3.8, 4) is 0 Å². The Morgan fingerprint density at radius 2 is 2.20 bits per heavy atom. The van der Waals surface area contributed by atoms with Gasteiger partial charge in [0.05, 0.1) is 6.33 Å². The number of benzene rings is 1. The van der Waals surface area contributed by atoms with Gasteiger partial charge in [0.25, 0.3) is 5.91 Å². The lowest BCUT2D eigenvalue weighted by atomic mass is 9.99. The monoisotopic (exact) mass is 292 g/mol. The molecule has 2 aromatic rings. The summed E-state index contributed by atoms with van der Waals surface area (Å²) in [5, 5.41) is 0. The number of hydrogen-bond donors (Lipinski definition) is 1. The van der Waals surface area contributed by atoms with Gasteiger partial charge < -0.3 is 15.2 Å². The Balaban J connectivity index is 0.00000147. The molecular formula is C14H17ClN4O. The molecular weight excluding hydrogens is 276 g/mol. The van der Waals surface area contributed by atoms with E-state index < -0.39 is 0 Å². The Morgan fingerprint density at radius 1 is 1.40 bits per heavy atom. The predicted molar refractivity (Wildman–Crippen MR) is 81.3 cm³/mol. The average molecular weight is 293 g/mol. The molecule has 0 radical (unpaired) electrons. The average Bonchev–Trinajstić information content (AvgIpc) is 2.85. The molecule has 0 aliphatic carbocycles. The van der Waals surface area contributed by atoms with Gasteiger partial charge in [-0.05, 0) is 30.5 Å². The summed E-state index contributed by atoms with van der Waals surface area (Å²) in [5.74, 6) is -0.0628. The molecule has 0 unspecified atom stereocenters. The van der Waals surface area contributed by atoms with E-state index in [4.69, 9.17) is 5.73 Å². The van der Waals surface area contributed by atoms with Gasteiger partial charge in [0.1, 0.15) is 5.69 Å². The summed E-state index contributed by atoms with van der Waals surface area (Å²) in [5.41, 5.74) is 9.21. The number of anilines is 2. The quantitative estimate of drug-likeness (QED) is 0.818. The Bertz CT molecular complexity index is 638. The van der Waals surface area contributed by atoms with Crippen molar-refractivity contribution in [1.82, 2.24) is 9.55 Å². The lowest BCUT2D eigenvalue weighted by Gasteiger charge is -2.29. The van der Waals surface area contributed by atoms with E-state index in [-0.39, 0.29) is 18.3 Å². The zero-order chi connectivity index (χ0) is 13.4. The lowest BCUT2D eigenvalue weighted by Crippen LogP contribution is -2.36. The fourth-order valence-electron chi connectivity index (χ4n) is 2.52. The predicted octanol–water partition coefficient (Wildman–Crippen LogP) is 2.02. The number of nitrogen functional groups attached to an aromatic ring is 1. The third kappa shape index (κ3) is 2.36. The molecule has 1 aromatic carbocycles. The van der Waals surface area contributed by atoms with Gasteiger partial charge in [0, 0.05) is 31.2 Å². The molecule has 2 heterocycles. The molecule has 0 saturated carbocycles.